The van der Waals surface area contributed by atoms with Gasteiger partial charge in [0.25, 0.3) is 5.82 Å². The molecule has 0 aliphatic rings. The van der Waals surface area contributed by atoms with E-state index < -0.39 is 0 Å². The number of nitrogens with zero attached hydrogens (tertiary/aromatic N) is 5. The van der Waals surface area contributed by atoms with Crippen LogP contribution < -0.4 is 0 Å². The molecular formula is C10H9N5. The van der Waals surface area contributed by atoms with Gasteiger partial charge in [-0.2, -0.15) is 5.26 Å². The van der Waals surface area contributed by atoms with Crippen LogP contribution in [0.5, 0.6) is 0 Å². The van der Waals surface area contributed by atoms with Crippen molar-refractivity contribution in [2.24, 2.45) is 0 Å². The molecule has 2 rings (SSSR count). The van der Waals surface area contributed by atoms with Crippen molar-refractivity contribution in [1.82, 2.24) is 20.2 Å². The van der Waals surface area contributed by atoms with Gasteiger partial charge in [-0.3, -0.25) is 0 Å². The average Bonchev–Trinajstić information content (AvgIpc) is 2.64. The average molecular weight is 199 g/mol. The topological polar surface area (TPSA) is 67.4 Å². The predicted molar refractivity (Wildman–Crippen MR) is 53.3 cm³/mol. The van der Waals surface area contributed by atoms with Crippen molar-refractivity contribution in [3.8, 4) is 11.8 Å². The molecule has 1 heterocycles. The summed E-state index contributed by atoms with van der Waals surface area (Å²) in [6, 6.07) is 7.78. The van der Waals surface area contributed by atoms with E-state index in [1.54, 1.807) is 0 Å². The molecule has 1 aromatic carbocycles. The van der Waals surface area contributed by atoms with Crippen LogP contribution in [0.25, 0.3) is 5.69 Å². The zero-order chi connectivity index (χ0) is 10.8. The first-order valence-electron chi connectivity index (χ1n) is 4.48. The Morgan fingerprint density at radius 3 is 2.40 bits per heavy atom. The molecule has 0 fully saturated rings. The number of nitriles is 1. The summed E-state index contributed by atoms with van der Waals surface area (Å²) in [6.07, 6.45) is 0. The van der Waals surface area contributed by atoms with Crippen LogP contribution in [0.3, 0.4) is 0 Å². The summed E-state index contributed by atoms with van der Waals surface area (Å²) >= 11 is 0. The molecule has 0 unspecified atom stereocenters. The largest absolute Gasteiger partial charge is 0.274 e. The highest BCUT2D eigenvalue weighted by Crippen LogP contribution is 2.11. The third-order valence-corrected chi connectivity index (χ3v) is 1.95. The molecule has 0 saturated heterocycles. The zero-order valence-corrected chi connectivity index (χ0v) is 8.47. The lowest BCUT2D eigenvalue weighted by Gasteiger charge is -2.01. The van der Waals surface area contributed by atoms with E-state index >= 15 is 0 Å². The second-order valence-electron chi connectivity index (χ2n) is 3.36. The molecule has 0 radical (unpaired) electrons. The molecule has 0 N–H and O–H groups in total. The van der Waals surface area contributed by atoms with Crippen molar-refractivity contribution in [3.05, 3.63) is 35.2 Å². The van der Waals surface area contributed by atoms with E-state index in [1.165, 1.54) is 4.80 Å². The molecule has 15 heavy (non-hydrogen) atoms. The summed E-state index contributed by atoms with van der Waals surface area (Å²) in [5.41, 5.74) is 3.07. The highest BCUT2D eigenvalue weighted by atomic mass is 15.6. The van der Waals surface area contributed by atoms with E-state index in [2.05, 4.69) is 21.5 Å². The maximum Gasteiger partial charge on any atom is 0.274 e. The van der Waals surface area contributed by atoms with Crippen molar-refractivity contribution in [3.63, 3.8) is 0 Å². The fourth-order valence-corrected chi connectivity index (χ4v) is 1.43. The van der Waals surface area contributed by atoms with E-state index in [1.807, 2.05) is 32.0 Å². The van der Waals surface area contributed by atoms with Crippen LogP contribution in [-0.2, 0) is 0 Å². The van der Waals surface area contributed by atoms with Crippen molar-refractivity contribution >= 4 is 0 Å². The third-order valence-electron chi connectivity index (χ3n) is 1.95. The van der Waals surface area contributed by atoms with E-state index in [4.69, 9.17) is 5.26 Å². The molecule has 74 valence electrons. The minimum absolute atomic E-state index is 0.0779. The quantitative estimate of drug-likeness (QED) is 0.691. The van der Waals surface area contributed by atoms with Crippen LogP contribution in [0, 0.1) is 25.2 Å². The van der Waals surface area contributed by atoms with Crippen molar-refractivity contribution in [2.75, 3.05) is 0 Å². The lowest BCUT2D eigenvalue weighted by atomic mass is 10.1. The van der Waals surface area contributed by atoms with Crippen LogP contribution >= 0.6 is 0 Å². The van der Waals surface area contributed by atoms with Crippen LogP contribution in [0.1, 0.15) is 17.0 Å². The molecule has 0 atom stereocenters. The van der Waals surface area contributed by atoms with E-state index in [0.29, 0.717) is 0 Å². The van der Waals surface area contributed by atoms with Gasteiger partial charge in [-0.1, -0.05) is 11.2 Å². The van der Waals surface area contributed by atoms with Gasteiger partial charge in [-0.05, 0) is 42.3 Å². The third kappa shape index (κ3) is 1.83. The van der Waals surface area contributed by atoms with Gasteiger partial charge in [0.1, 0.15) is 6.07 Å². The number of hydrogen-bond donors (Lipinski definition) is 0. The molecule has 5 heteroatoms. The number of tetrazole rings is 1. The Kier molecular flexibility index (Phi) is 2.18. The second-order valence-corrected chi connectivity index (χ2v) is 3.36. The number of aromatic nitrogens is 4. The molecule has 0 aliphatic carbocycles. The summed E-state index contributed by atoms with van der Waals surface area (Å²) in [6.45, 7) is 4.00. The molecule has 0 amide bonds. The van der Waals surface area contributed by atoms with Gasteiger partial charge in [-0.25, -0.2) is 0 Å². The predicted octanol–water partition coefficient (Wildman–Crippen LogP) is 1.15. The Morgan fingerprint density at radius 2 is 1.87 bits per heavy atom. The highest BCUT2D eigenvalue weighted by molar-refractivity contribution is 5.37. The van der Waals surface area contributed by atoms with Crippen LogP contribution in [0.15, 0.2) is 18.2 Å². The van der Waals surface area contributed by atoms with Crippen LogP contribution in [0.2, 0.25) is 0 Å². The highest BCUT2D eigenvalue weighted by Gasteiger charge is 2.04. The lowest BCUT2D eigenvalue weighted by Crippen LogP contribution is -2.00. The monoisotopic (exact) mass is 199 g/mol. The summed E-state index contributed by atoms with van der Waals surface area (Å²) < 4.78 is 0. The van der Waals surface area contributed by atoms with Gasteiger partial charge in [0.2, 0.25) is 0 Å². The molecule has 2 aromatic rings. The normalized spacial score (nSPS) is 9.93. The first-order chi connectivity index (χ1) is 7.19. The first kappa shape index (κ1) is 9.34. The maximum atomic E-state index is 8.58. The van der Waals surface area contributed by atoms with Gasteiger partial charge >= 0.3 is 0 Å². The van der Waals surface area contributed by atoms with E-state index in [9.17, 15) is 0 Å². The second kappa shape index (κ2) is 3.50. The van der Waals surface area contributed by atoms with Gasteiger partial charge in [-0.15, -0.1) is 9.90 Å². The van der Waals surface area contributed by atoms with Gasteiger partial charge in [0, 0.05) is 0 Å². The Bertz CT molecular complexity index is 515. The Morgan fingerprint density at radius 1 is 1.20 bits per heavy atom. The Balaban J connectivity index is 2.50. The standard InChI is InChI=1S/C10H9N5/c1-7-3-8(2)5-9(4-7)15-13-10(6-11)12-14-15/h3-5H,1-2H3. The number of rotatable bonds is 1. The van der Waals surface area contributed by atoms with E-state index in [-0.39, 0.29) is 5.82 Å². The molecule has 0 spiro atoms. The van der Waals surface area contributed by atoms with Crippen LogP contribution in [-0.4, -0.2) is 20.2 Å². The number of aryl methyl sites for hydroxylation is 2. The zero-order valence-electron chi connectivity index (χ0n) is 8.47. The first-order valence-corrected chi connectivity index (χ1v) is 4.48. The van der Waals surface area contributed by atoms with Crippen molar-refractivity contribution < 1.29 is 0 Å². The molecule has 1 aromatic heterocycles. The minimum Gasteiger partial charge on any atom is -0.189 e. The summed E-state index contributed by atoms with van der Waals surface area (Å²) in [5.74, 6) is 0.0779. The maximum absolute atomic E-state index is 8.58. The molecule has 0 saturated carbocycles. The molecule has 0 aliphatic heterocycles. The Hall–Kier alpha value is -2.22. The number of hydrogen-bond acceptors (Lipinski definition) is 4. The molecule has 5 nitrogen and oxygen atoms in total. The SMILES string of the molecule is Cc1cc(C)cc(-n2nnc(C#N)n2)c1. The van der Waals surface area contributed by atoms with E-state index in [0.717, 1.165) is 16.8 Å². The molecular weight excluding hydrogens is 190 g/mol. The van der Waals surface area contributed by atoms with Gasteiger partial charge in [0.15, 0.2) is 0 Å². The van der Waals surface area contributed by atoms with Gasteiger partial charge in [0.05, 0.1) is 5.69 Å². The fraction of sp³-hybridized carbons (Fsp3) is 0.200. The lowest BCUT2D eigenvalue weighted by molar-refractivity contribution is 0.718. The summed E-state index contributed by atoms with van der Waals surface area (Å²) in [5, 5.41) is 19.9. The minimum atomic E-state index is 0.0779. The van der Waals surface area contributed by atoms with Gasteiger partial charge < -0.3 is 0 Å². The smallest absolute Gasteiger partial charge is 0.189 e. The fourth-order valence-electron chi connectivity index (χ4n) is 1.43. The summed E-state index contributed by atoms with van der Waals surface area (Å²) in [4.78, 5) is 1.36. The summed E-state index contributed by atoms with van der Waals surface area (Å²) in [7, 11) is 0. The number of benzene rings is 1. The van der Waals surface area contributed by atoms with Crippen LogP contribution in [0.4, 0.5) is 0 Å². The van der Waals surface area contributed by atoms with Crippen molar-refractivity contribution in [2.45, 2.75) is 13.8 Å². The molecule has 0 bridgehead atoms. The van der Waals surface area contributed by atoms with Crippen molar-refractivity contribution in [1.29, 1.82) is 5.26 Å². The Labute approximate surface area is 87.0 Å².